The first-order chi connectivity index (χ1) is 8.08. The zero-order chi connectivity index (χ0) is 13.0. The third-order valence-electron chi connectivity index (χ3n) is 1.96. The Labute approximate surface area is 96.7 Å². The molecule has 2 rings (SSSR count). The van der Waals surface area contributed by atoms with E-state index in [2.05, 4.69) is 0 Å². The van der Waals surface area contributed by atoms with Crippen molar-refractivity contribution in [2.45, 2.75) is 13.8 Å². The van der Waals surface area contributed by atoms with Gasteiger partial charge in [0.1, 0.15) is 5.82 Å². The highest BCUT2D eigenvalue weighted by Gasteiger charge is 2.22. The summed E-state index contributed by atoms with van der Waals surface area (Å²) in [6.45, 7) is 3.68. The number of hydrogen-bond acceptors (Lipinski definition) is 3. The van der Waals surface area contributed by atoms with Gasteiger partial charge in [0.25, 0.3) is 5.70 Å². The molecule has 1 aliphatic rings. The smallest absolute Gasteiger partial charge is 0.284 e. The molecule has 1 aliphatic heterocycles. The van der Waals surface area contributed by atoms with Gasteiger partial charge in [-0.05, 0) is 6.07 Å². The predicted octanol–water partition coefficient (Wildman–Crippen LogP) is 3.00. The molecular weight excluding hydrogens is 232 g/mol. The van der Waals surface area contributed by atoms with E-state index in [1.165, 1.54) is 0 Å². The summed E-state index contributed by atoms with van der Waals surface area (Å²) in [7, 11) is 0. The van der Waals surface area contributed by atoms with E-state index in [0.29, 0.717) is 6.07 Å². The van der Waals surface area contributed by atoms with Gasteiger partial charge >= 0.3 is 0 Å². The number of benzene rings is 1. The van der Waals surface area contributed by atoms with Crippen LogP contribution in [0.1, 0.15) is 19.4 Å². The maximum absolute atomic E-state index is 13.1. The molecule has 0 bridgehead atoms. The van der Waals surface area contributed by atoms with Crippen LogP contribution in [-0.4, -0.2) is 11.5 Å². The fourth-order valence-corrected chi connectivity index (χ4v) is 1.31. The first-order valence-corrected chi connectivity index (χ1v) is 5.05. The fraction of sp³-hybridized carbons (Fsp3) is 0.273. The summed E-state index contributed by atoms with van der Waals surface area (Å²) < 4.78 is 30.7. The Kier molecular flexibility index (Phi) is 4.14. The highest BCUT2D eigenvalue weighted by molar-refractivity contribution is 5.61. The molecule has 1 aromatic rings. The van der Waals surface area contributed by atoms with Crippen molar-refractivity contribution in [2.24, 2.45) is 0 Å². The molecule has 0 saturated carbocycles. The first-order valence-electron chi connectivity index (χ1n) is 5.05. The molecule has 0 atom stereocenters. The molecule has 0 aliphatic carbocycles. The summed E-state index contributed by atoms with van der Waals surface area (Å²) in [6, 6.07) is 1.66. The van der Waals surface area contributed by atoms with Crippen LogP contribution in [0, 0.1) is 21.7 Å². The van der Waals surface area contributed by atoms with Crippen LogP contribution in [0.15, 0.2) is 17.8 Å². The van der Waals surface area contributed by atoms with Gasteiger partial charge in [-0.15, -0.1) is 0 Å². The lowest BCUT2D eigenvalue weighted by atomic mass is 10.1. The second-order valence-corrected chi connectivity index (χ2v) is 2.99. The summed E-state index contributed by atoms with van der Waals surface area (Å²) in [6.07, 6.45) is 1.10. The molecule has 4 nitrogen and oxygen atoms in total. The Balaban J connectivity index is 0.000000686. The molecule has 17 heavy (non-hydrogen) atoms. The number of rotatable bonds is 1. The van der Waals surface area contributed by atoms with E-state index >= 15 is 0 Å². The van der Waals surface area contributed by atoms with Crippen LogP contribution in [0.5, 0.6) is 5.75 Å². The highest BCUT2D eigenvalue weighted by atomic mass is 19.1. The Morgan fingerprint density at radius 3 is 2.59 bits per heavy atom. The number of nitro groups is 1. The van der Waals surface area contributed by atoms with E-state index in [1.54, 1.807) is 0 Å². The standard InChI is InChI=1S/C9H5F2NO3.C2H6/c10-6-1-5-2-7(12(13)14)4-15-9(5)8(11)3-6;1-2/h1-3H,4H2;1-2H3. The van der Waals surface area contributed by atoms with Gasteiger partial charge in [-0.1, -0.05) is 13.8 Å². The van der Waals surface area contributed by atoms with Crippen molar-refractivity contribution in [3.63, 3.8) is 0 Å². The van der Waals surface area contributed by atoms with E-state index in [4.69, 9.17) is 4.74 Å². The van der Waals surface area contributed by atoms with Crippen molar-refractivity contribution in [3.8, 4) is 5.75 Å². The lowest BCUT2D eigenvalue weighted by Crippen LogP contribution is -2.14. The third kappa shape index (κ3) is 2.77. The largest absolute Gasteiger partial charge is 0.479 e. The summed E-state index contributed by atoms with van der Waals surface area (Å²) in [5.41, 5.74) is -0.182. The lowest BCUT2D eigenvalue weighted by Gasteiger charge is -2.13. The molecule has 0 radical (unpaired) electrons. The number of fused-ring (bicyclic) bond motifs is 1. The summed E-state index contributed by atoms with van der Waals surface area (Å²) in [5.74, 6) is -1.80. The van der Waals surface area contributed by atoms with Gasteiger partial charge in [-0.2, -0.15) is 0 Å². The summed E-state index contributed by atoms with van der Waals surface area (Å²) in [4.78, 5) is 9.76. The SMILES string of the molecule is CC.O=[N+]([O-])C1=Cc2cc(F)cc(F)c2OC1. The van der Waals surface area contributed by atoms with Crippen LogP contribution in [-0.2, 0) is 0 Å². The van der Waals surface area contributed by atoms with Gasteiger partial charge in [0.05, 0.1) is 4.92 Å². The number of hydrogen-bond donors (Lipinski definition) is 0. The Hall–Kier alpha value is -1.98. The van der Waals surface area contributed by atoms with Crippen LogP contribution in [0.25, 0.3) is 6.08 Å². The minimum absolute atomic E-state index is 0.0467. The third-order valence-corrected chi connectivity index (χ3v) is 1.96. The van der Waals surface area contributed by atoms with E-state index in [9.17, 15) is 18.9 Å². The van der Waals surface area contributed by atoms with Crippen molar-refractivity contribution in [1.29, 1.82) is 0 Å². The van der Waals surface area contributed by atoms with Gasteiger partial charge < -0.3 is 4.74 Å². The molecule has 1 heterocycles. The van der Waals surface area contributed by atoms with Crippen molar-refractivity contribution in [1.82, 2.24) is 0 Å². The second-order valence-electron chi connectivity index (χ2n) is 2.99. The maximum atomic E-state index is 13.1. The molecule has 0 fully saturated rings. The molecular formula is C11H11F2NO3. The number of halogens is 2. The average molecular weight is 243 g/mol. The number of nitrogens with zero attached hydrogens (tertiary/aromatic N) is 1. The van der Waals surface area contributed by atoms with Crippen LogP contribution < -0.4 is 4.74 Å². The van der Waals surface area contributed by atoms with Crippen molar-refractivity contribution in [3.05, 3.63) is 45.1 Å². The monoisotopic (exact) mass is 243 g/mol. The molecule has 6 heteroatoms. The first kappa shape index (κ1) is 13.1. The minimum Gasteiger partial charge on any atom is -0.479 e. The quantitative estimate of drug-likeness (QED) is 0.562. The van der Waals surface area contributed by atoms with Crippen molar-refractivity contribution in [2.75, 3.05) is 6.61 Å². The van der Waals surface area contributed by atoms with Crippen LogP contribution in [0.2, 0.25) is 0 Å². The topological polar surface area (TPSA) is 52.4 Å². The van der Waals surface area contributed by atoms with E-state index < -0.39 is 16.6 Å². The molecule has 0 aromatic heterocycles. The van der Waals surface area contributed by atoms with Crippen LogP contribution >= 0.6 is 0 Å². The molecule has 92 valence electrons. The molecule has 1 aromatic carbocycles. The van der Waals surface area contributed by atoms with Gasteiger partial charge in [0, 0.05) is 17.7 Å². The van der Waals surface area contributed by atoms with Crippen LogP contribution in [0.4, 0.5) is 8.78 Å². The van der Waals surface area contributed by atoms with Gasteiger partial charge in [-0.3, -0.25) is 10.1 Å². The van der Waals surface area contributed by atoms with E-state index in [1.807, 2.05) is 13.8 Å². The molecule has 0 N–H and O–H groups in total. The zero-order valence-corrected chi connectivity index (χ0v) is 9.37. The Morgan fingerprint density at radius 1 is 1.35 bits per heavy atom. The molecule has 0 unspecified atom stereocenters. The molecule has 0 saturated heterocycles. The predicted molar refractivity (Wildman–Crippen MR) is 58.2 cm³/mol. The fourth-order valence-electron chi connectivity index (χ4n) is 1.31. The van der Waals surface area contributed by atoms with Crippen molar-refractivity contribution >= 4 is 6.08 Å². The average Bonchev–Trinajstić information content (AvgIpc) is 2.30. The number of ether oxygens (including phenoxy) is 1. The van der Waals surface area contributed by atoms with E-state index in [-0.39, 0.29) is 23.6 Å². The molecule has 0 spiro atoms. The van der Waals surface area contributed by atoms with Crippen molar-refractivity contribution < 1.29 is 18.4 Å². The van der Waals surface area contributed by atoms with Gasteiger partial charge in [-0.25, -0.2) is 8.78 Å². The summed E-state index contributed by atoms with van der Waals surface area (Å²) >= 11 is 0. The Morgan fingerprint density at radius 2 is 2.00 bits per heavy atom. The van der Waals surface area contributed by atoms with Gasteiger partial charge in [0.15, 0.2) is 18.2 Å². The lowest BCUT2D eigenvalue weighted by molar-refractivity contribution is -0.427. The maximum Gasteiger partial charge on any atom is 0.284 e. The van der Waals surface area contributed by atoms with Gasteiger partial charge in [0.2, 0.25) is 0 Å². The van der Waals surface area contributed by atoms with Crippen LogP contribution in [0.3, 0.4) is 0 Å². The molecule has 0 amide bonds. The normalized spacial score (nSPS) is 12.6. The minimum atomic E-state index is -0.858. The van der Waals surface area contributed by atoms with E-state index in [0.717, 1.165) is 12.1 Å². The highest BCUT2D eigenvalue weighted by Crippen LogP contribution is 2.30. The zero-order valence-electron chi connectivity index (χ0n) is 9.37. The summed E-state index contributed by atoms with van der Waals surface area (Å²) in [5, 5.41) is 10.4. The Bertz CT molecular complexity index is 472. The second kappa shape index (κ2) is 5.38.